The molecule has 0 bridgehead atoms. The van der Waals surface area contributed by atoms with Crippen molar-refractivity contribution >= 4 is 34.4 Å². The molecule has 3 N–H and O–H groups in total. The van der Waals surface area contributed by atoms with Crippen molar-refractivity contribution in [3.63, 3.8) is 0 Å². The monoisotopic (exact) mass is 485 g/mol. The van der Waals surface area contributed by atoms with Gasteiger partial charge >= 0.3 is 6.03 Å². The van der Waals surface area contributed by atoms with Gasteiger partial charge in [-0.25, -0.2) is 9.78 Å². The van der Waals surface area contributed by atoms with Crippen LogP contribution in [0.25, 0.3) is 33.3 Å². The van der Waals surface area contributed by atoms with Gasteiger partial charge in [0.25, 0.3) is 0 Å². The van der Waals surface area contributed by atoms with E-state index in [4.69, 9.17) is 11.6 Å². The molecule has 176 valence electrons. The predicted molar refractivity (Wildman–Crippen MR) is 138 cm³/mol. The van der Waals surface area contributed by atoms with Crippen molar-refractivity contribution < 1.29 is 4.79 Å². The lowest BCUT2D eigenvalue weighted by Crippen LogP contribution is -2.29. The Morgan fingerprint density at radius 2 is 1.91 bits per heavy atom. The topological polar surface area (TPSA) is 101 Å². The number of carbonyl (C=O) groups excluding carboxylic acids is 1. The summed E-state index contributed by atoms with van der Waals surface area (Å²) in [5.41, 5.74) is 4.54. The number of nitrogens with zero attached hydrogens (tertiary/aromatic N) is 4. The SMILES string of the molecule is O=C(NCCCCn1cnc(-c2cccnc2)c1)Nc1n[nH]c2cc(Cl)c(-c3ccccc3)cc12. The van der Waals surface area contributed by atoms with Crippen LogP contribution in [0.1, 0.15) is 12.8 Å². The lowest BCUT2D eigenvalue weighted by Gasteiger charge is -2.08. The Labute approximate surface area is 207 Å². The maximum absolute atomic E-state index is 12.4. The van der Waals surface area contributed by atoms with E-state index in [9.17, 15) is 4.79 Å². The highest BCUT2D eigenvalue weighted by molar-refractivity contribution is 6.34. The van der Waals surface area contributed by atoms with E-state index in [0.29, 0.717) is 17.4 Å². The molecule has 0 aliphatic carbocycles. The summed E-state index contributed by atoms with van der Waals surface area (Å²) in [6.45, 7) is 1.38. The molecular weight excluding hydrogens is 462 g/mol. The summed E-state index contributed by atoms with van der Waals surface area (Å²) in [5.74, 6) is 0.465. The summed E-state index contributed by atoms with van der Waals surface area (Å²) >= 11 is 6.47. The first-order chi connectivity index (χ1) is 17.2. The number of unbranched alkanes of at least 4 members (excludes halogenated alkanes) is 1. The Kier molecular flexibility index (Phi) is 6.72. The summed E-state index contributed by atoms with van der Waals surface area (Å²) in [4.78, 5) is 21.0. The van der Waals surface area contributed by atoms with E-state index in [-0.39, 0.29) is 6.03 Å². The quantitative estimate of drug-likeness (QED) is 0.244. The molecule has 2 amide bonds. The van der Waals surface area contributed by atoms with Crippen LogP contribution < -0.4 is 10.6 Å². The first-order valence-corrected chi connectivity index (χ1v) is 11.8. The number of amides is 2. The number of pyridine rings is 1. The molecule has 5 aromatic rings. The molecule has 0 saturated heterocycles. The second kappa shape index (κ2) is 10.4. The van der Waals surface area contributed by atoms with Crippen LogP contribution in [0.5, 0.6) is 0 Å². The summed E-state index contributed by atoms with van der Waals surface area (Å²) in [5, 5.41) is 14.3. The van der Waals surface area contributed by atoms with Crippen LogP contribution in [-0.2, 0) is 6.54 Å². The van der Waals surface area contributed by atoms with Gasteiger partial charge in [-0.15, -0.1) is 0 Å². The number of H-pyrrole nitrogens is 1. The third-order valence-electron chi connectivity index (χ3n) is 5.69. The molecular formula is C26H24ClN7O. The number of aromatic amines is 1. The molecule has 0 saturated carbocycles. The van der Waals surface area contributed by atoms with E-state index in [1.165, 1.54) is 0 Å². The van der Waals surface area contributed by atoms with Crippen molar-refractivity contribution in [1.82, 2.24) is 30.0 Å². The average Bonchev–Trinajstić information content (AvgIpc) is 3.51. The highest BCUT2D eigenvalue weighted by atomic mass is 35.5. The normalized spacial score (nSPS) is 11.0. The minimum Gasteiger partial charge on any atom is -0.338 e. The number of urea groups is 1. The number of anilines is 1. The molecule has 3 aromatic heterocycles. The number of fused-ring (bicyclic) bond motifs is 1. The van der Waals surface area contributed by atoms with Crippen molar-refractivity contribution in [3.8, 4) is 22.4 Å². The van der Waals surface area contributed by atoms with Crippen molar-refractivity contribution in [1.29, 1.82) is 0 Å². The Bertz CT molecular complexity index is 1430. The van der Waals surface area contributed by atoms with Crippen LogP contribution in [-0.4, -0.2) is 37.3 Å². The second-order valence-electron chi connectivity index (χ2n) is 8.14. The number of aromatic nitrogens is 5. The fraction of sp³-hybridized carbons (Fsp3) is 0.154. The van der Waals surface area contributed by atoms with Crippen LogP contribution in [0.3, 0.4) is 0 Å². The van der Waals surface area contributed by atoms with Crippen LogP contribution >= 0.6 is 11.6 Å². The van der Waals surface area contributed by atoms with Crippen molar-refractivity contribution in [3.05, 3.63) is 84.5 Å². The average molecular weight is 486 g/mol. The molecule has 0 unspecified atom stereocenters. The zero-order valence-corrected chi connectivity index (χ0v) is 19.7. The zero-order chi connectivity index (χ0) is 24.0. The number of hydrogen-bond acceptors (Lipinski definition) is 4. The van der Waals surface area contributed by atoms with Gasteiger partial charge in [-0.3, -0.25) is 15.4 Å². The number of carbonyl (C=O) groups is 1. The minimum absolute atomic E-state index is 0.295. The first kappa shape index (κ1) is 22.6. The first-order valence-electron chi connectivity index (χ1n) is 11.4. The van der Waals surface area contributed by atoms with Gasteiger partial charge in [0, 0.05) is 48.2 Å². The molecule has 9 heteroatoms. The van der Waals surface area contributed by atoms with Crippen molar-refractivity contribution in [2.75, 3.05) is 11.9 Å². The van der Waals surface area contributed by atoms with Gasteiger partial charge < -0.3 is 9.88 Å². The fourth-order valence-electron chi connectivity index (χ4n) is 3.89. The number of rotatable bonds is 8. The third kappa shape index (κ3) is 5.33. The van der Waals surface area contributed by atoms with Gasteiger partial charge in [0.15, 0.2) is 5.82 Å². The molecule has 3 heterocycles. The number of benzene rings is 2. The van der Waals surface area contributed by atoms with E-state index in [2.05, 4.69) is 30.8 Å². The van der Waals surface area contributed by atoms with Crippen LogP contribution in [0, 0.1) is 0 Å². The smallest absolute Gasteiger partial charge is 0.320 e. The van der Waals surface area contributed by atoms with Crippen molar-refractivity contribution in [2.45, 2.75) is 19.4 Å². The standard InChI is InChI=1S/C26H24ClN7O/c27-22-14-23-21(13-20(22)18-7-2-1-3-8-18)25(33-32-23)31-26(35)29-11-4-5-12-34-16-24(30-17-34)19-9-6-10-28-15-19/h1-3,6-10,13-17H,4-5,11-12H2,(H3,29,31,32,33,35). The molecule has 35 heavy (non-hydrogen) atoms. The maximum Gasteiger partial charge on any atom is 0.320 e. The van der Waals surface area contributed by atoms with E-state index in [1.54, 1.807) is 12.4 Å². The Hall–Kier alpha value is -4.17. The Balaban J connectivity index is 1.13. The number of halogens is 1. The molecule has 8 nitrogen and oxygen atoms in total. The number of imidazole rings is 1. The number of aryl methyl sites for hydroxylation is 1. The Morgan fingerprint density at radius 3 is 2.74 bits per heavy atom. The van der Waals surface area contributed by atoms with Gasteiger partial charge in [-0.2, -0.15) is 5.10 Å². The van der Waals surface area contributed by atoms with Crippen LogP contribution in [0.2, 0.25) is 5.02 Å². The zero-order valence-electron chi connectivity index (χ0n) is 18.9. The van der Waals surface area contributed by atoms with E-state index < -0.39 is 0 Å². The third-order valence-corrected chi connectivity index (χ3v) is 6.00. The van der Waals surface area contributed by atoms with Gasteiger partial charge in [0.05, 0.1) is 22.6 Å². The lowest BCUT2D eigenvalue weighted by atomic mass is 10.0. The van der Waals surface area contributed by atoms with Gasteiger partial charge in [0.2, 0.25) is 0 Å². The van der Waals surface area contributed by atoms with Crippen LogP contribution in [0.4, 0.5) is 10.6 Å². The highest BCUT2D eigenvalue weighted by Gasteiger charge is 2.13. The largest absolute Gasteiger partial charge is 0.338 e. The number of nitrogens with one attached hydrogen (secondary N) is 3. The van der Waals surface area contributed by atoms with Gasteiger partial charge in [0.1, 0.15) is 0 Å². The summed E-state index contributed by atoms with van der Waals surface area (Å²) in [6, 6.07) is 17.2. The van der Waals surface area contributed by atoms with E-state index in [1.807, 2.05) is 71.7 Å². The Morgan fingerprint density at radius 1 is 1.06 bits per heavy atom. The van der Waals surface area contributed by atoms with E-state index in [0.717, 1.165) is 52.7 Å². The molecule has 0 atom stereocenters. The summed E-state index contributed by atoms with van der Waals surface area (Å²) in [7, 11) is 0. The van der Waals surface area contributed by atoms with E-state index >= 15 is 0 Å². The number of hydrogen-bond donors (Lipinski definition) is 3. The molecule has 2 aromatic carbocycles. The molecule has 0 radical (unpaired) electrons. The molecule has 0 fully saturated rings. The molecule has 0 spiro atoms. The van der Waals surface area contributed by atoms with Crippen molar-refractivity contribution in [2.24, 2.45) is 0 Å². The second-order valence-corrected chi connectivity index (χ2v) is 8.55. The van der Waals surface area contributed by atoms with Gasteiger partial charge in [-0.1, -0.05) is 41.9 Å². The fourth-order valence-corrected chi connectivity index (χ4v) is 4.16. The summed E-state index contributed by atoms with van der Waals surface area (Å²) in [6.07, 6.45) is 9.12. The molecule has 0 aliphatic heterocycles. The predicted octanol–water partition coefficient (Wildman–Crippen LogP) is 5.74. The molecule has 5 rings (SSSR count). The summed E-state index contributed by atoms with van der Waals surface area (Å²) < 4.78 is 2.05. The van der Waals surface area contributed by atoms with Gasteiger partial charge in [-0.05, 0) is 42.7 Å². The minimum atomic E-state index is -0.295. The lowest BCUT2D eigenvalue weighted by molar-refractivity contribution is 0.252. The maximum atomic E-state index is 12.4. The highest BCUT2D eigenvalue weighted by Crippen LogP contribution is 2.33. The molecule has 0 aliphatic rings. The van der Waals surface area contributed by atoms with Crippen LogP contribution in [0.15, 0.2) is 79.5 Å².